The molecule has 2 heterocycles. The van der Waals surface area contributed by atoms with Gasteiger partial charge in [0.2, 0.25) is 0 Å². The molecule has 2 aromatic carbocycles. The predicted octanol–water partition coefficient (Wildman–Crippen LogP) is 4.89. The number of hydrogen-bond donors (Lipinski definition) is 1. The molecule has 1 N–H and O–H groups in total. The van der Waals surface area contributed by atoms with Crippen molar-refractivity contribution in [3.05, 3.63) is 64.7 Å². The minimum atomic E-state index is -0.510. The molecule has 0 radical (unpaired) electrons. The quantitative estimate of drug-likeness (QED) is 0.787. The highest BCUT2D eigenvalue weighted by Gasteiger charge is 2.42. The Hall–Kier alpha value is -1.98. The van der Waals surface area contributed by atoms with E-state index in [4.69, 9.17) is 9.47 Å². The number of rotatable bonds is 1. The number of fused-ring (bicyclic) bond motifs is 3. The summed E-state index contributed by atoms with van der Waals surface area (Å²) in [5.41, 5.74) is 3.34. The highest BCUT2D eigenvalue weighted by Crippen LogP contribution is 2.45. The monoisotopic (exact) mass is 359 g/mol. The van der Waals surface area contributed by atoms with Crippen LogP contribution in [-0.2, 0) is 14.9 Å². The van der Waals surface area contributed by atoms with E-state index in [-0.39, 0.29) is 17.1 Å². The Bertz CT molecular complexity index is 831. The maximum atomic E-state index is 14.4. The van der Waals surface area contributed by atoms with Crippen LogP contribution in [0.5, 0.6) is 0 Å². The van der Waals surface area contributed by atoms with Crippen LogP contribution in [0.4, 0.5) is 14.5 Å². The van der Waals surface area contributed by atoms with Crippen LogP contribution >= 0.6 is 0 Å². The van der Waals surface area contributed by atoms with Gasteiger partial charge >= 0.3 is 0 Å². The van der Waals surface area contributed by atoms with Gasteiger partial charge in [-0.1, -0.05) is 32.9 Å². The Kier molecular flexibility index (Phi) is 4.24. The second-order valence-electron chi connectivity index (χ2n) is 7.97. The molecule has 0 bridgehead atoms. The third-order valence-electron chi connectivity index (χ3n) is 5.15. The van der Waals surface area contributed by atoms with Crippen LogP contribution in [0.1, 0.15) is 49.6 Å². The van der Waals surface area contributed by atoms with Gasteiger partial charge in [-0.2, -0.15) is 0 Å². The third kappa shape index (κ3) is 2.99. The molecular weight excluding hydrogens is 336 g/mol. The largest absolute Gasteiger partial charge is 0.375 e. The lowest BCUT2D eigenvalue weighted by Crippen LogP contribution is -2.43. The Morgan fingerprint density at radius 2 is 1.73 bits per heavy atom. The minimum absolute atomic E-state index is 0.00552. The van der Waals surface area contributed by atoms with Crippen molar-refractivity contribution in [2.75, 3.05) is 18.5 Å². The van der Waals surface area contributed by atoms with Gasteiger partial charge in [0.05, 0.1) is 19.3 Å². The summed E-state index contributed by atoms with van der Waals surface area (Å²) in [5.74, 6) is -0.919. The predicted molar refractivity (Wildman–Crippen MR) is 96.3 cm³/mol. The number of anilines is 1. The lowest BCUT2D eigenvalue weighted by Gasteiger charge is -2.43. The topological polar surface area (TPSA) is 30.5 Å². The van der Waals surface area contributed by atoms with Crippen LogP contribution in [0, 0.1) is 11.6 Å². The summed E-state index contributed by atoms with van der Waals surface area (Å²) < 4.78 is 40.1. The van der Waals surface area contributed by atoms with Gasteiger partial charge in [0, 0.05) is 16.8 Å². The first-order valence-corrected chi connectivity index (χ1v) is 8.94. The molecule has 0 saturated carbocycles. The lowest BCUT2D eigenvalue weighted by atomic mass is 9.82. The maximum Gasteiger partial charge on any atom is 0.128 e. The lowest BCUT2D eigenvalue weighted by molar-refractivity contribution is -0.151. The fourth-order valence-electron chi connectivity index (χ4n) is 3.73. The molecule has 3 nitrogen and oxygen atoms in total. The molecule has 1 fully saturated rings. The highest BCUT2D eigenvalue weighted by molar-refractivity contribution is 5.59. The van der Waals surface area contributed by atoms with E-state index in [1.54, 1.807) is 0 Å². The van der Waals surface area contributed by atoms with Gasteiger partial charge in [0.1, 0.15) is 23.8 Å². The van der Waals surface area contributed by atoms with Gasteiger partial charge in [-0.25, -0.2) is 8.78 Å². The second kappa shape index (κ2) is 6.32. The van der Waals surface area contributed by atoms with Crippen molar-refractivity contribution >= 4 is 5.69 Å². The molecule has 0 spiro atoms. The van der Waals surface area contributed by atoms with Crippen molar-refractivity contribution in [1.82, 2.24) is 0 Å². The van der Waals surface area contributed by atoms with Crippen molar-refractivity contribution < 1.29 is 18.3 Å². The van der Waals surface area contributed by atoms with E-state index in [1.165, 1.54) is 11.6 Å². The Morgan fingerprint density at radius 1 is 0.962 bits per heavy atom. The number of benzene rings is 2. The van der Waals surface area contributed by atoms with Crippen molar-refractivity contribution in [3.8, 4) is 0 Å². The zero-order valence-electron chi connectivity index (χ0n) is 15.2. The first-order chi connectivity index (χ1) is 12.3. The highest BCUT2D eigenvalue weighted by atomic mass is 19.1. The van der Waals surface area contributed by atoms with Crippen molar-refractivity contribution in [2.24, 2.45) is 0 Å². The molecular formula is C21H23F2NO2. The minimum Gasteiger partial charge on any atom is -0.375 e. The maximum absolute atomic E-state index is 14.4. The number of nitrogens with one attached hydrogen (secondary N) is 1. The van der Waals surface area contributed by atoms with E-state index in [2.05, 4.69) is 38.2 Å². The van der Waals surface area contributed by atoms with Crippen LogP contribution in [0.3, 0.4) is 0 Å². The molecule has 0 aromatic heterocycles. The van der Waals surface area contributed by atoms with Crippen molar-refractivity contribution in [1.29, 1.82) is 0 Å². The van der Waals surface area contributed by atoms with Gasteiger partial charge in [-0.3, -0.25) is 0 Å². The normalized spacial score (nSPS) is 25.2. The average Bonchev–Trinajstić information content (AvgIpc) is 2.62. The van der Waals surface area contributed by atoms with Gasteiger partial charge in [0.15, 0.2) is 0 Å². The Balaban J connectivity index is 1.80. The van der Waals surface area contributed by atoms with Gasteiger partial charge in [-0.15, -0.1) is 0 Å². The zero-order valence-corrected chi connectivity index (χ0v) is 15.2. The summed E-state index contributed by atoms with van der Waals surface area (Å²) in [6.07, 6.45) is -0.724. The molecule has 5 heteroatoms. The van der Waals surface area contributed by atoms with Gasteiger partial charge < -0.3 is 14.8 Å². The van der Waals surface area contributed by atoms with Gasteiger partial charge in [-0.05, 0) is 35.2 Å². The van der Waals surface area contributed by atoms with E-state index in [9.17, 15) is 8.78 Å². The second-order valence-corrected chi connectivity index (χ2v) is 7.97. The molecule has 2 aliphatic heterocycles. The van der Waals surface area contributed by atoms with Crippen molar-refractivity contribution in [2.45, 2.75) is 44.4 Å². The van der Waals surface area contributed by atoms with Crippen LogP contribution in [0.2, 0.25) is 0 Å². The summed E-state index contributed by atoms with van der Waals surface area (Å²) in [4.78, 5) is 0. The fourth-order valence-corrected chi connectivity index (χ4v) is 3.73. The smallest absolute Gasteiger partial charge is 0.128 e. The molecule has 2 aliphatic rings. The number of hydrogen-bond acceptors (Lipinski definition) is 3. The van der Waals surface area contributed by atoms with Crippen LogP contribution in [-0.4, -0.2) is 19.3 Å². The molecule has 0 amide bonds. The van der Waals surface area contributed by atoms with Crippen LogP contribution < -0.4 is 5.32 Å². The molecule has 0 aliphatic carbocycles. The summed E-state index contributed by atoms with van der Waals surface area (Å²) in [6, 6.07) is 9.19. The van der Waals surface area contributed by atoms with E-state index in [1.807, 2.05) is 6.07 Å². The van der Waals surface area contributed by atoms with Crippen molar-refractivity contribution in [3.63, 3.8) is 0 Å². The van der Waals surface area contributed by atoms with E-state index in [0.29, 0.717) is 13.2 Å². The molecule has 138 valence electrons. The first kappa shape index (κ1) is 17.4. The average molecular weight is 359 g/mol. The third-order valence-corrected chi connectivity index (χ3v) is 5.15. The zero-order chi connectivity index (χ0) is 18.5. The summed E-state index contributed by atoms with van der Waals surface area (Å²) in [7, 11) is 0. The standard InChI is InChI=1S/C21H23F2NO2/c1-21(2,3)12-4-7-17-15(10-12)19-20(26-9-8-25-19)18(24-17)14-11-13(22)5-6-16(14)23/h4-7,10-11,18-20,24H,8-9H2,1-3H3. The molecule has 1 saturated heterocycles. The van der Waals surface area contributed by atoms with E-state index < -0.39 is 23.8 Å². The van der Waals surface area contributed by atoms with E-state index in [0.717, 1.165) is 23.4 Å². The molecule has 3 atom stereocenters. The summed E-state index contributed by atoms with van der Waals surface area (Å²) in [5, 5.41) is 3.35. The first-order valence-electron chi connectivity index (χ1n) is 8.94. The summed E-state index contributed by atoms with van der Waals surface area (Å²) in [6.45, 7) is 7.39. The van der Waals surface area contributed by atoms with Gasteiger partial charge in [0.25, 0.3) is 0 Å². The molecule has 2 aromatic rings. The Morgan fingerprint density at radius 3 is 2.50 bits per heavy atom. The fraction of sp³-hybridized carbons (Fsp3) is 0.429. The number of halogens is 2. The summed E-state index contributed by atoms with van der Waals surface area (Å²) >= 11 is 0. The molecule has 4 rings (SSSR count). The molecule has 3 unspecified atom stereocenters. The molecule has 26 heavy (non-hydrogen) atoms. The van der Waals surface area contributed by atoms with Crippen LogP contribution in [0.15, 0.2) is 36.4 Å². The SMILES string of the molecule is CC(C)(C)c1ccc2c(c1)C1OCCOC1C(c1cc(F)ccc1F)N2. The van der Waals surface area contributed by atoms with E-state index >= 15 is 0 Å². The Labute approximate surface area is 152 Å². The number of ether oxygens (including phenoxy) is 2. The van der Waals surface area contributed by atoms with Crippen LogP contribution in [0.25, 0.3) is 0 Å².